The van der Waals surface area contributed by atoms with Gasteiger partial charge in [-0.3, -0.25) is 0 Å². The molecule has 0 amide bonds. The van der Waals surface area contributed by atoms with Crippen LogP contribution in [0.3, 0.4) is 0 Å². The maximum absolute atomic E-state index is 10.1. The average molecular weight is 351 g/mol. The number of aromatic hydroxyl groups is 2. The zero-order valence-electron chi connectivity index (χ0n) is 16.3. The first-order valence-corrected chi connectivity index (χ1v) is 10.3. The van der Waals surface area contributed by atoms with Gasteiger partial charge in [0.25, 0.3) is 0 Å². The quantitative estimate of drug-likeness (QED) is 0.268. The van der Waals surface area contributed by atoms with Gasteiger partial charge < -0.3 is 14.9 Å². The van der Waals surface area contributed by atoms with E-state index in [1.807, 2.05) is 6.07 Å². The third-order valence-electron chi connectivity index (χ3n) is 4.78. The predicted octanol–water partition coefficient (Wildman–Crippen LogP) is 6.88. The molecule has 3 heteroatoms. The van der Waals surface area contributed by atoms with Crippen molar-refractivity contribution in [3.63, 3.8) is 0 Å². The van der Waals surface area contributed by atoms with Gasteiger partial charge in [-0.25, -0.2) is 0 Å². The minimum Gasteiger partial charge on any atom is -0.504 e. The van der Waals surface area contributed by atoms with Crippen molar-refractivity contribution in [3.8, 4) is 11.5 Å². The van der Waals surface area contributed by atoms with Crippen LogP contribution in [0.4, 0.5) is 0 Å². The van der Waals surface area contributed by atoms with Gasteiger partial charge in [-0.2, -0.15) is 0 Å². The summed E-state index contributed by atoms with van der Waals surface area (Å²) in [5, 5.41) is 19.9. The first kappa shape index (κ1) is 21.8. The summed E-state index contributed by atoms with van der Waals surface area (Å²) in [5.74, 6) is -0.0893. The smallest absolute Gasteiger partial charge is 0.163 e. The lowest BCUT2D eigenvalue weighted by Gasteiger charge is -2.20. The summed E-state index contributed by atoms with van der Waals surface area (Å²) in [7, 11) is 0. The minimum absolute atomic E-state index is 0.0278. The molecule has 0 saturated heterocycles. The molecular formula is C22H38O3. The molecule has 0 fully saturated rings. The summed E-state index contributed by atoms with van der Waals surface area (Å²) < 4.78 is 6.08. The number of hydrogen-bond donors (Lipinski definition) is 2. The fourth-order valence-corrected chi connectivity index (χ4v) is 3.18. The Morgan fingerprint density at radius 1 is 0.800 bits per heavy atom. The van der Waals surface area contributed by atoms with Gasteiger partial charge in [0.05, 0.1) is 6.10 Å². The number of hydrogen-bond acceptors (Lipinski definition) is 3. The molecule has 0 aromatic heterocycles. The molecule has 1 rings (SSSR count). The molecule has 3 nitrogen and oxygen atoms in total. The Hall–Kier alpha value is -1.22. The summed E-state index contributed by atoms with van der Waals surface area (Å²) in [4.78, 5) is 0. The monoisotopic (exact) mass is 350 g/mol. The van der Waals surface area contributed by atoms with Crippen LogP contribution in [0.2, 0.25) is 0 Å². The molecule has 144 valence electrons. The van der Waals surface area contributed by atoms with Crippen molar-refractivity contribution in [2.45, 2.75) is 97.0 Å². The molecule has 0 aliphatic carbocycles. The summed E-state index contributed by atoms with van der Waals surface area (Å²) in [5.41, 5.74) is 0.718. The highest BCUT2D eigenvalue weighted by molar-refractivity contribution is 5.45. The molecule has 0 aliphatic rings. The van der Waals surface area contributed by atoms with E-state index in [2.05, 4.69) is 13.8 Å². The van der Waals surface area contributed by atoms with Crippen LogP contribution >= 0.6 is 0 Å². The molecule has 1 unspecified atom stereocenters. The summed E-state index contributed by atoms with van der Waals surface area (Å²) in [6.45, 7) is 5.15. The fourth-order valence-electron chi connectivity index (χ4n) is 3.18. The van der Waals surface area contributed by atoms with Crippen molar-refractivity contribution in [1.29, 1.82) is 0 Å². The Kier molecular flexibility index (Phi) is 12.2. The Bertz CT molecular complexity index is 445. The third-order valence-corrected chi connectivity index (χ3v) is 4.78. The van der Waals surface area contributed by atoms with Crippen LogP contribution in [0.15, 0.2) is 18.2 Å². The number of ether oxygens (including phenoxy) is 1. The second-order valence-electron chi connectivity index (χ2n) is 7.05. The highest BCUT2D eigenvalue weighted by atomic mass is 16.5. The van der Waals surface area contributed by atoms with Gasteiger partial charge in [-0.05, 0) is 18.9 Å². The first-order valence-electron chi connectivity index (χ1n) is 10.3. The van der Waals surface area contributed by atoms with Crippen LogP contribution in [0, 0.1) is 0 Å². The van der Waals surface area contributed by atoms with Gasteiger partial charge >= 0.3 is 0 Å². The molecule has 2 N–H and O–H groups in total. The van der Waals surface area contributed by atoms with Crippen LogP contribution in [0.1, 0.15) is 103 Å². The van der Waals surface area contributed by atoms with Crippen molar-refractivity contribution in [2.24, 2.45) is 0 Å². The standard InChI is InChI=1S/C22H38O3/c1-3-5-7-8-9-10-11-13-18-25-21(17-12-6-4-2)19-15-14-16-20(23)22(19)24/h14-16,21,23-24H,3-13,17-18H2,1-2H3. The number of para-hydroxylation sites is 1. The SMILES string of the molecule is CCCCCCCCCCOC(CCCCC)c1cccc(O)c1O. The van der Waals surface area contributed by atoms with Gasteiger partial charge in [0.1, 0.15) is 0 Å². The topological polar surface area (TPSA) is 49.7 Å². The zero-order chi connectivity index (χ0) is 18.3. The molecule has 0 aliphatic heterocycles. The fraction of sp³-hybridized carbons (Fsp3) is 0.727. The van der Waals surface area contributed by atoms with Gasteiger partial charge in [0.2, 0.25) is 0 Å². The van der Waals surface area contributed by atoms with E-state index in [4.69, 9.17) is 4.74 Å². The number of unbranched alkanes of at least 4 members (excludes halogenated alkanes) is 9. The molecule has 0 spiro atoms. The molecule has 1 aromatic rings. The molecule has 1 aromatic carbocycles. The number of benzene rings is 1. The van der Waals surface area contributed by atoms with Crippen molar-refractivity contribution >= 4 is 0 Å². The van der Waals surface area contributed by atoms with E-state index < -0.39 is 0 Å². The molecule has 1 atom stereocenters. The minimum atomic E-state index is -0.122. The van der Waals surface area contributed by atoms with Crippen LogP contribution < -0.4 is 0 Å². The second kappa shape index (κ2) is 14.0. The lowest BCUT2D eigenvalue weighted by Crippen LogP contribution is -2.06. The summed E-state index contributed by atoms with van der Waals surface area (Å²) >= 11 is 0. The van der Waals surface area contributed by atoms with Crippen LogP contribution in [-0.2, 0) is 4.74 Å². The van der Waals surface area contributed by atoms with Gasteiger partial charge in [0.15, 0.2) is 11.5 Å². The van der Waals surface area contributed by atoms with Gasteiger partial charge in [0, 0.05) is 12.2 Å². The van der Waals surface area contributed by atoms with Crippen LogP contribution in [0.5, 0.6) is 11.5 Å². The summed E-state index contributed by atoms with van der Waals surface area (Å²) in [6, 6.07) is 5.15. The normalized spacial score (nSPS) is 12.4. The molecule has 0 radical (unpaired) electrons. The molecule has 25 heavy (non-hydrogen) atoms. The van der Waals surface area contributed by atoms with Gasteiger partial charge in [-0.1, -0.05) is 90.2 Å². The molecule has 0 bridgehead atoms. The average Bonchev–Trinajstić information content (AvgIpc) is 2.61. The number of rotatable bonds is 15. The van der Waals surface area contributed by atoms with E-state index in [1.54, 1.807) is 6.07 Å². The largest absolute Gasteiger partial charge is 0.504 e. The van der Waals surface area contributed by atoms with Crippen molar-refractivity contribution in [2.75, 3.05) is 6.61 Å². The van der Waals surface area contributed by atoms with Crippen molar-refractivity contribution in [1.82, 2.24) is 0 Å². The lowest BCUT2D eigenvalue weighted by molar-refractivity contribution is 0.0404. The van der Waals surface area contributed by atoms with Crippen molar-refractivity contribution in [3.05, 3.63) is 23.8 Å². The van der Waals surface area contributed by atoms with E-state index in [1.165, 1.54) is 51.0 Å². The van der Waals surface area contributed by atoms with E-state index in [0.29, 0.717) is 0 Å². The number of phenolic OH excluding ortho intramolecular Hbond substituents is 2. The zero-order valence-corrected chi connectivity index (χ0v) is 16.3. The van der Waals surface area contributed by atoms with E-state index in [-0.39, 0.29) is 17.6 Å². The Balaban J connectivity index is 2.35. The van der Waals surface area contributed by atoms with E-state index in [9.17, 15) is 10.2 Å². The highest BCUT2D eigenvalue weighted by Crippen LogP contribution is 2.36. The maximum Gasteiger partial charge on any atom is 0.163 e. The van der Waals surface area contributed by atoms with Crippen LogP contribution in [0.25, 0.3) is 0 Å². The second-order valence-corrected chi connectivity index (χ2v) is 7.05. The first-order chi connectivity index (χ1) is 12.2. The van der Waals surface area contributed by atoms with E-state index in [0.717, 1.165) is 44.3 Å². The Labute approximate surface area is 154 Å². The predicted molar refractivity (Wildman–Crippen MR) is 105 cm³/mol. The van der Waals surface area contributed by atoms with E-state index >= 15 is 0 Å². The summed E-state index contributed by atoms with van der Waals surface area (Å²) in [6.07, 6.45) is 14.4. The molecular weight excluding hydrogens is 312 g/mol. The number of phenols is 2. The van der Waals surface area contributed by atoms with Gasteiger partial charge in [-0.15, -0.1) is 0 Å². The Morgan fingerprint density at radius 3 is 2.08 bits per heavy atom. The van der Waals surface area contributed by atoms with Crippen molar-refractivity contribution < 1.29 is 14.9 Å². The third kappa shape index (κ3) is 9.15. The maximum atomic E-state index is 10.1. The van der Waals surface area contributed by atoms with Crippen LogP contribution in [-0.4, -0.2) is 16.8 Å². The molecule has 0 saturated carbocycles. The lowest BCUT2D eigenvalue weighted by atomic mass is 10.0. The Morgan fingerprint density at radius 2 is 1.40 bits per heavy atom. The molecule has 0 heterocycles. The highest BCUT2D eigenvalue weighted by Gasteiger charge is 2.17.